The molecule has 2 amide bonds. The first-order valence-corrected chi connectivity index (χ1v) is 16.6. The number of nitrogens with one attached hydrogen (secondary N) is 3. The topological polar surface area (TPSA) is 121 Å². The molecule has 236 valence electrons. The molecule has 45 heavy (non-hydrogen) atoms. The van der Waals surface area contributed by atoms with E-state index in [0.717, 1.165) is 34.6 Å². The summed E-state index contributed by atoms with van der Waals surface area (Å²) < 4.78 is 30.3. The molecule has 1 aromatic heterocycles. The molecule has 12 heteroatoms. The molecule has 3 aromatic rings. The smallest absolute Gasteiger partial charge is 0.307 e. The average Bonchev–Trinajstić information content (AvgIpc) is 3.66. The van der Waals surface area contributed by atoms with E-state index in [9.17, 15) is 13.2 Å². The van der Waals surface area contributed by atoms with Gasteiger partial charge in [-0.2, -0.15) is 14.3 Å². The summed E-state index contributed by atoms with van der Waals surface area (Å²) in [5.74, 6) is 0.849. The van der Waals surface area contributed by atoms with E-state index in [1.807, 2.05) is 61.5 Å². The van der Waals surface area contributed by atoms with Gasteiger partial charge in [0.15, 0.2) is 0 Å². The fourth-order valence-electron chi connectivity index (χ4n) is 5.67. The van der Waals surface area contributed by atoms with Crippen LogP contribution in [0, 0.1) is 12.8 Å². The number of benzene rings is 2. The number of nitrogens with zero attached hydrogens (tertiary/aromatic N) is 4. The van der Waals surface area contributed by atoms with Gasteiger partial charge in [-0.25, -0.2) is 28.4 Å². The minimum atomic E-state index is -3.68. The molecule has 2 aromatic carbocycles. The number of hydroxylamine groups is 3. The zero-order valence-corrected chi connectivity index (χ0v) is 26.8. The van der Waals surface area contributed by atoms with Gasteiger partial charge in [-0.3, -0.25) is 5.32 Å². The number of para-hydroxylation sites is 1. The maximum atomic E-state index is 13.5. The molecular weight excluding hydrogens is 590 g/mol. The first-order chi connectivity index (χ1) is 21.5. The molecule has 3 N–H and O–H groups in total. The number of piperidine rings is 1. The minimum Gasteiger partial charge on any atom is -0.307 e. The maximum Gasteiger partial charge on any atom is 0.324 e. The Morgan fingerprint density at radius 2 is 1.80 bits per heavy atom. The normalized spacial score (nSPS) is 17.4. The lowest BCUT2D eigenvalue weighted by atomic mass is 9.90. The van der Waals surface area contributed by atoms with Gasteiger partial charge in [0, 0.05) is 36.5 Å². The minimum absolute atomic E-state index is 0.200. The summed E-state index contributed by atoms with van der Waals surface area (Å²) >= 11 is 0. The van der Waals surface area contributed by atoms with Crippen LogP contribution in [-0.4, -0.2) is 46.7 Å². The molecule has 0 spiro atoms. The van der Waals surface area contributed by atoms with Crippen molar-refractivity contribution in [3.8, 4) is 5.69 Å². The van der Waals surface area contributed by atoms with Gasteiger partial charge in [-0.15, -0.1) is 0 Å². The number of carbonyl (C=O) groups excluding carboxylic acids is 1. The summed E-state index contributed by atoms with van der Waals surface area (Å²) in [5.41, 5.74) is 7.47. The Morgan fingerprint density at radius 3 is 2.53 bits per heavy atom. The zero-order chi connectivity index (χ0) is 31.8. The van der Waals surface area contributed by atoms with Crippen molar-refractivity contribution in [2.24, 2.45) is 5.92 Å². The highest BCUT2D eigenvalue weighted by molar-refractivity contribution is 7.93. The molecule has 3 aliphatic heterocycles. The quantitative estimate of drug-likeness (QED) is 0.306. The number of fused-ring (bicyclic) bond motifs is 1. The van der Waals surface area contributed by atoms with Crippen LogP contribution in [0.15, 0.2) is 89.8 Å². The van der Waals surface area contributed by atoms with Gasteiger partial charge < -0.3 is 5.32 Å². The summed E-state index contributed by atoms with van der Waals surface area (Å²) in [5, 5.41) is 12.3. The van der Waals surface area contributed by atoms with Crippen LogP contribution in [-0.2, 0) is 26.8 Å². The van der Waals surface area contributed by atoms with Gasteiger partial charge >= 0.3 is 6.03 Å². The van der Waals surface area contributed by atoms with Gasteiger partial charge in [0.05, 0.1) is 17.6 Å². The van der Waals surface area contributed by atoms with E-state index in [1.54, 1.807) is 33.5 Å². The van der Waals surface area contributed by atoms with E-state index in [2.05, 4.69) is 36.9 Å². The lowest BCUT2D eigenvalue weighted by Gasteiger charge is -2.33. The number of hydrogen-bond acceptors (Lipinski definition) is 7. The third kappa shape index (κ3) is 6.53. The van der Waals surface area contributed by atoms with Gasteiger partial charge in [0.1, 0.15) is 16.4 Å². The van der Waals surface area contributed by atoms with E-state index in [-0.39, 0.29) is 22.3 Å². The molecule has 0 aliphatic carbocycles. The predicted octanol–water partition coefficient (Wildman–Crippen LogP) is 5.71. The number of sulfonamides is 1. The van der Waals surface area contributed by atoms with Gasteiger partial charge in [-0.05, 0) is 68.0 Å². The Kier molecular flexibility index (Phi) is 8.29. The Balaban J connectivity index is 1.11. The number of hydrogen-bond donors (Lipinski definition) is 3. The van der Waals surface area contributed by atoms with Crippen LogP contribution in [0.5, 0.6) is 0 Å². The van der Waals surface area contributed by atoms with Crippen LogP contribution in [0.1, 0.15) is 50.4 Å². The van der Waals surface area contributed by atoms with E-state index < -0.39 is 10.0 Å². The zero-order valence-electron chi connectivity index (χ0n) is 25.9. The Labute approximate surface area is 264 Å². The van der Waals surface area contributed by atoms with Crippen molar-refractivity contribution in [3.05, 3.63) is 107 Å². The standard InChI is InChI=1S/C33H39N7O4S/c1-23-11-13-26(14-12-23)40-31(21-30(37-40)33(2,3)4)36-32(41)35-27-9-6-5-8-25(27)20-24-15-18-38(19-16-24)45(42,43)29-10-7-17-39-28(29)22-34-44-39/h5-14,17,21-22,24,34H,15-16,18-20H2,1-4H3,(H2,35,36,41). The van der Waals surface area contributed by atoms with Crippen molar-refractivity contribution in [3.63, 3.8) is 0 Å². The van der Waals surface area contributed by atoms with Crippen LogP contribution in [0.25, 0.3) is 5.69 Å². The molecule has 1 saturated heterocycles. The molecule has 4 heterocycles. The van der Waals surface area contributed by atoms with Crippen molar-refractivity contribution in [2.75, 3.05) is 23.7 Å². The number of rotatable bonds is 7. The fourth-order valence-corrected chi connectivity index (χ4v) is 7.30. The number of anilines is 2. The summed E-state index contributed by atoms with van der Waals surface area (Å²) in [6.45, 7) is 9.14. The van der Waals surface area contributed by atoms with Crippen LogP contribution < -0.4 is 16.1 Å². The van der Waals surface area contributed by atoms with Crippen LogP contribution in [0.4, 0.5) is 16.3 Å². The Bertz CT molecular complexity index is 1780. The van der Waals surface area contributed by atoms with Crippen molar-refractivity contribution in [1.82, 2.24) is 24.6 Å². The molecule has 6 rings (SSSR count). The molecule has 1 fully saturated rings. The van der Waals surface area contributed by atoms with E-state index >= 15 is 0 Å². The van der Waals surface area contributed by atoms with Crippen molar-refractivity contribution in [1.29, 1.82) is 0 Å². The summed E-state index contributed by atoms with van der Waals surface area (Å²) in [4.78, 5) is 18.8. The summed E-state index contributed by atoms with van der Waals surface area (Å²) in [6, 6.07) is 17.3. The number of carbonyl (C=O) groups is 1. The number of aromatic nitrogens is 2. The first kappa shape index (κ1) is 30.6. The number of aryl methyl sites for hydroxylation is 1. The highest BCUT2D eigenvalue weighted by Crippen LogP contribution is 2.33. The van der Waals surface area contributed by atoms with Crippen LogP contribution in [0.3, 0.4) is 0 Å². The monoisotopic (exact) mass is 629 g/mol. The lowest BCUT2D eigenvalue weighted by Crippen LogP contribution is -2.40. The van der Waals surface area contributed by atoms with Crippen molar-refractivity contribution >= 4 is 27.6 Å². The van der Waals surface area contributed by atoms with E-state index in [0.29, 0.717) is 37.4 Å². The van der Waals surface area contributed by atoms with Crippen molar-refractivity contribution < 1.29 is 18.2 Å². The maximum absolute atomic E-state index is 13.5. The predicted molar refractivity (Wildman–Crippen MR) is 174 cm³/mol. The highest BCUT2D eigenvalue weighted by atomic mass is 32.2. The van der Waals surface area contributed by atoms with Gasteiger partial charge in [0.2, 0.25) is 10.0 Å². The van der Waals surface area contributed by atoms with Crippen LogP contribution in [0.2, 0.25) is 0 Å². The molecule has 3 aliphatic rings. The first-order valence-electron chi connectivity index (χ1n) is 15.1. The highest BCUT2D eigenvalue weighted by Gasteiger charge is 2.36. The summed E-state index contributed by atoms with van der Waals surface area (Å²) in [6.07, 6.45) is 8.61. The second-order valence-electron chi connectivity index (χ2n) is 12.6. The number of amides is 2. The fraction of sp³-hybridized carbons (Fsp3) is 0.333. The van der Waals surface area contributed by atoms with Crippen molar-refractivity contribution in [2.45, 2.75) is 52.4 Å². The van der Waals surface area contributed by atoms with E-state index in [1.165, 1.54) is 5.06 Å². The molecule has 0 saturated carbocycles. The van der Waals surface area contributed by atoms with E-state index in [4.69, 9.17) is 10.0 Å². The van der Waals surface area contributed by atoms with Crippen LogP contribution >= 0.6 is 0 Å². The van der Waals surface area contributed by atoms with Gasteiger partial charge in [0.25, 0.3) is 0 Å². The summed E-state index contributed by atoms with van der Waals surface area (Å²) in [7, 11) is -3.68. The Morgan fingerprint density at radius 1 is 1.07 bits per heavy atom. The second kappa shape index (κ2) is 12.2. The Hall–Kier alpha value is -4.39. The third-order valence-corrected chi connectivity index (χ3v) is 10.2. The molecule has 0 radical (unpaired) electrons. The number of urea groups is 1. The molecule has 0 atom stereocenters. The average molecular weight is 630 g/mol. The van der Waals surface area contributed by atoms with Gasteiger partial charge in [-0.1, -0.05) is 56.7 Å². The SMILES string of the molecule is Cc1ccc(-n2nc(C(C)(C)C)cc2NC(=O)Nc2ccccc2CC2CCN(S(=O)(=O)C3=CC=CN4ONC=C34)CC2)cc1. The molecule has 0 bridgehead atoms. The second-order valence-corrected chi connectivity index (χ2v) is 14.5. The largest absolute Gasteiger partial charge is 0.324 e. The third-order valence-electron chi connectivity index (χ3n) is 8.27. The molecule has 11 nitrogen and oxygen atoms in total. The lowest BCUT2D eigenvalue weighted by molar-refractivity contribution is -0.112. The molecular formula is C33H39N7O4S. The number of allylic oxidation sites excluding steroid dienone is 2. The molecule has 0 unspecified atom stereocenters.